The van der Waals surface area contributed by atoms with Crippen LogP contribution in [0.1, 0.15) is 15.9 Å². The smallest absolute Gasteiger partial charge is 0.194 e. The third-order valence-electron chi connectivity index (χ3n) is 2.50. The van der Waals surface area contributed by atoms with Gasteiger partial charge in [0.1, 0.15) is 11.6 Å². The summed E-state index contributed by atoms with van der Waals surface area (Å²) in [6, 6.07) is 10.8. The molecule has 92 valence electrons. The first-order valence-corrected chi connectivity index (χ1v) is 6.05. The van der Waals surface area contributed by atoms with Gasteiger partial charge in [-0.1, -0.05) is 28.1 Å². The van der Waals surface area contributed by atoms with Crippen LogP contribution in [0.15, 0.2) is 46.9 Å². The molecule has 0 unspecified atom stereocenters. The summed E-state index contributed by atoms with van der Waals surface area (Å²) in [5.41, 5.74) is 0.754. The van der Waals surface area contributed by atoms with E-state index in [0.717, 1.165) is 0 Å². The highest BCUT2D eigenvalue weighted by Crippen LogP contribution is 2.22. The summed E-state index contributed by atoms with van der Waals surface area (Å²) >= 11 is 3.25. The lowest BCUT2D eigenvalue weighted by atomic mass is 10.0. The molecule has 0 aliphatic rings. The number of methoxy groups -OCH3 is 1. The molecule has 2 aromatic rings. The lowest BCUT2D eigenvalue weighted by Crippen LogP contribution is -2.03. The molecule has 2 nitrogen and oxygen atoms in total. The van der Waals surface area contributed by atoms with Gasteiger partial charge in [-0.15, -0.1) is 0 Å². The van der Waals surface area contributed by atoms with Crippen molar-refractivity contribution in [1.82, 2.24) is 0 Å². The number of hydrogen-bond donors (Lipinski definition) is 0. The maximum atomic E-state index is 13.2. The van der Waals surface area contributed by atoms with Crippen molar-refractivity contribution in [3.8, 4) is 5.75 Å². The Morgan fingerprint density at radius 1 is 1.22 bits per heavy atom. The van der Waals surface area contributed by atoms with E-state index < -0.39 is 5.82 Å². The van der Waals surface area contributed by atoms with Crippen molar-refractivity contribution in [3.05, 3.63) is 63.9 Å². The first-order valence-electron chi connectivity index (χ1n) is 5.25. The fourth-order valence-corrected chi connectivity index (χ4v) is 2.02. The van der Waals surface area contributed by atoms with Crippen molar-refractivity contribution < 1.29 is 13.9 Å². The Kier molecular flexibility index (Phi) is 3.77. The summed E-state index contributed by atoms with van der Waals surface area (Å²) in [5.74, 6) is -0.0990. The van der Waals surface area contributed by atoms with E-state index >= 15 is 0 Å². The van der Waals surface area contributed by atoms with Crippen LogP contribution < -0.4 is 4.74 Å². The van der Waals surface area contributed by atoms with E-state index in [9.17, 15) is 9.18 Å². The number of ether oxygens (including phenoxy) is 1. The zero-order chi connectivity index (χ0) is 13.1. The molecular formula is C14H10BrFO2. The number of carbonyl (C=O) groups is 1. The minimum atomic E-state index is -0.440. The quantitative estimate of drug-likeness (QED) is 0.806. The Labute approximate surface area is 113 Å². The average molecular weight is 309 g/mol. The predicted octanol–water partition coefficient (Wildman–Crippen LogP) is 3.83. The lowest BCUT2D eigenvalue weighted by molar-refractivity contribution is 0.103. The minimum Gasteiger partial charge on any atom is -0.497 e. The van der Waals surface area contributed by atoms with Crippen LogP contribution in [0.4, 0.5) is 4.39 Å². The third-order valence-corrected chi connectivity index (χ3v) is 3.20. The number of hydrogen-bond acceptors (Lipinski definition) is 2. The highest BCUT2D eigenvalue weighted by molar-refractivity contribution is 9.10. The van der Waals surface area contributed by atoms with E-state index in [1.165, 1.54) is 25.3 Å². The van der Waals surface area contributed by atoms with E-state index in [2.05, 4.69) is 15.9 Å². The second-order valence-corrected chi connectivity index (χ2v) is 4.54. The summed E-state index contributed by atoms with van der Waals surface area (Å²) in [6.45, 7) is 0. The summed E-state index contributed by atoms with van der Waals surface area (Å²) in [7, 11) is 1.53. The third kappa shape index (κ3) is 2.59. The molecule has 0 saturated carbocycles. The van der Waals surface area contributed by atoms with E-state index in [1.54, 1.807) is 24.3 Å². The van der Waals surface area contributed by atoms with Crippen molar-refractivity contribution in [3.63, 3.8) is 0 Å². The van der Waals surface area contributed by atoms with Gasteiger partial charge in [-0.2, -0.15) is 0 Å². The maximum absolute atomic E-state index is 13.2. The topological polar surface area (TPSA) is 26.3 Å². The van der Waals surface area contributed by atoms with Crippen LogP contribution in [0, 0.1) is 5.82 Å². The average Bonchev–Trinajstić information content (AvgIpc) is 2.41. The Morgan fingerprint density at radius 3 is 2.72 bits per heavy atom. The van der Waals surface area contributed by atoms with Gasteiger partial charge in [-0.05, 0) is 30.3 Å². The standard InChI is InChI=1S/C14H10BrFO2/c1-18-11-4-2-3-9(7-11)14(17)12-8-10(16)5-6-13(12)15/h2-8H,1H3. The van der Waals surface area contributed by atoms with Gasteiger partial charge in [-0.3, -0.25) is 4.79 Å². The molecular weight excluding hydrogens is 299 g/mol. The zero-order valence-electron chi connectivity index (χ0n) is 9.61. The van der Waals surface area contributed by atoms with Crippen molar-refractivity contribution in [2.24, 2.45) is 0 Å². The largest absolute Gasteiger partial charge is 0.497 e. The molecule has 2 rings (SSSR count). The number of halogens is 2. The van der Waals surface area contributed by atoms with E-state index in [-0.39, 0.29) is 5.78 Å². The van der Waals surface area contributed by atoms with Crippen molar-refractivity contribution >= 4 is 21.7 Å². The number of rotatable bonds is 3. The van der Waals surface area contributed by atoms with Gasteiger partial charge in [0.05, 0.1) is 7.11 Å². The van der Waals surface area contributed by atoms with Crippen LogP contribution in [0.5, 0.6) is 5.75 Å². The second kappa shape index (κ2) is 5.31. The Bertz CT molecular complexity index is 596. The van der Waals surface area contributed by atoms with Crippen molar-refractivity contribution in [2.45, 2.75) is 0 Å². The van der Waals surface area contributed by atoms with Crippen LogP contribution in [-0.2, 0) is 0 Å². The summed E-state index contributed by atoms with van der Waals surface area (Å²) in [6.07, 6.45) is 0. The van der Waals surface area contributed by atoms with Gasteiger partial charge < -0.3 is 4.74 Å². The lowest BCUT2D eigenvalue weighted by Gasteiger charge is -2.06. The highest BCUT2D eigenvalue weighted by atomic mass is 79.9. The zero-order valence-corrected chi connectivity index (χ0v) is 11.2. The Morgan fingerprint density at radius 2 is 2.00 bits per heavy atom. The van der Waals surface area contributed by atoms with Crippen LogP contribution in [0.3, 0.4) is 0 Å². The minimum absolute atomic E-state index is 0.250. The molecule has 0 radical (unpaired) electrons. The van der Waals surface area contributed by atoms with E-state index in [1.807, 2.05) is 0 Å². The van der Waals surface area contributed by atoms with Gasteiger partial charge in [0, 0.05) is 15.6 Å². The molecule has 4 heteroatoms. The van der Waals surface area contributed by atoms with Gasteiger partial charge in [0.2, 0.25) is 0 Å². The van der Waals surface area contributed by atoms with Crippen LogP contribution >= 0.6 is 15.9 Å². The van der Waals surface area contributed by atoms with Gasteiger partial charge in [-0.25, -0.2) is 4.39 Å². The van der Waals surface area contributed by atoms with Crippen LogP contribution in [0.25, 0.3) is 0 Å². The first kappa shape index (κ1) is 12.8. The molecule has 0 bridgehead atoms. The summed E-state index contributed by atoms with van der Waals surface area (Å²) in [5, 5.41) is 0. The molecule has 0 aliphatic heterocycles. The molecule has 2 aromatic carbocycles. The molecule has 18 heavy (non-hydrogen) atoms. The molecule has 0 aliphatic carbocycles. The predicted molar refractivity (Wildman–Crippen MR) is 70.5 cm³/mol. The van der Waals surface area contributed by atoms with Crippen LogP contribution in [0.2, 0.25) is 0 Å². The summed E-state index contributed by atoms with van der Waals surface area (Å²) in [4.78, 5) is 12.2. The molecule has 0 heterocycles. The monoisotopic (exact) mass is 308 g/mol. The number of carbonyl (C=O) groups excluding carboxylic acids is 1. The van der Waals surface area contributed by atoms with E-state index in [4.69, 9.17) is 4.74 Å². The molecule has 0 amide bonds. The highest BCUT2D eigenvalue weighted by Gasteiger charge is 2.14. The normalized spacial score (nSPS) is 10.2. The Hall–Kier alpha value is -1.68. The van der Waals surface area contributed by atoms with Gasteiger partial charge >= 0.3 is 0 Å². The van der Waals surface area contributed by atoms with Crippen molar-refractivity contribution in [1.29, 1.82) is 0 Å². The van der Waals surface area contributed by atoms with Gasteiger partial charge in [0.15, 0.2) is 5.78 Å². The first-order chi connectivity index (χ1) is 8.61. The SMILES string of the molecule is COc1cccc(C(=O)c2cc(F)ccc2Br)c1. The van der Waals surface area contributed by atoms with Crippen LogP contribution in [-0.4, -0.2) is 12.9 Å². The summed E-state index contributed by atoms with van der Waals surface area (Å²) < 4.78 is 18.8. The van der Waals surface area contributed by atoms with Gasteiger partial charge in [0.25, 0.3) is 0 Å². The second-order valence-electron chi connectivity index (χ2n) is 3.69. The Balaban J connectivity index is 2.44. The molecule has 0 N–H and O–H groups in total. The number of ketones is 1. The molecule has 0 saturated heterocycles. The molecule has 0 spiro atoms. The molecule has 0 fully saturated rings. The number of benzene rings is 2. The van der Waals surface area contributed by atoms with E-state index in [0.29, 0.717) is 21.3 Å². The fourth-order valence-electron chi connectivity index (χ4n) is 1.59. The van der Waals surface area contributed by atoms with Crippen molar-refractivity contribution in [2.75, 3.05) is 7.11 Å². The molecule has 0 aromatic heterocycles. The molecule has 0 atom stereocenters. The fraction of sp³-hybridized carbons (Fsp3) is 0.0714. The maximum Gasteiger partial charge on any atom is 0.194 e.